The van der Waals surface area contributed by atoms with Gasteiger partial charge in [0, 0.05) is 0 Å². The van der Waals surface area contributed by atoms with Crippen molar-refractivity contribution in [1.29, 1.82) is 0 Å². The third kappa shape index (κ3) is 14.1. The lowest BCUT2D eigenvalue weighted by Gasteiger charge is -2.24. The lowest BCUT2D eigenvalue weighted by atomic mass is 10.1. The minimum Gasteiger partial charge on any atom is -0.277 e. The van der Waals surface area contributed by atoms with Crippen molar-refractivity contribution >= 4 is 5.97 Å². The van der Waals surface area contributed by atoms with E-state index in [9.17, 15) is 4.79 Å². The Morgan fingerprint density at radius 3 is 1.62 bits per heavy atom. The number of rotatable bonds is 14. The van der Waals surface area contributed by atoms with E-state index in [0.717, 1.165) is 19.4 Å². The van der Waals surface area contributed by atoms with Gasteiger partial charge in [0.2, 0.25) is 0 Å². The van der Waals surface area contributed by atoms with Gasteiger partial charge in [0.05, 0.1) is 6.42 Å². The van der Waals surface area contributed by atoms with Crippen molar-refractivity contribution in [2.45, 2.75) is 90.9 Å². The van der Waals surface area contributed by atoms with E-state index in [1.807, 2.05) is 21.0 Å². The molecule has 0 saturated carbocycles. The summed E-state index contributed by atoms with van der Waals surface area (Å²) in [5, 5.41) is 0. The smallest absolute Gasteiger partial charge is 0.277 e. The summed E-state index contributed by atoms with van der Waals surface area (Å²) in [6, 6.07) is 0. The normalized spacial score (nSPS) is 11.6. The van der Waals surface area contributed by atoms with Crippen LogP contribution in [0.5, 0.6) is 0 Å². The highest BCUT2D eigenvalue weighted by atomic mass is 16.7. The zero-order valence-electron chi connectivity index (χ0n) is 15.0. The molecule has 0 amide bonds. The second-order valence-corrected chi connectivity index (χ2v) is 6.64. The van der Waals surface area contributed by atoms with E-state index in [1.54, 1.807) is 0 Å². The Balaban J connectivity index is 3.27. The Hall–Kier alpha value is -0.570. The molecule has 0 rings (SSSR count). The number of hydrogen-bond donors (Lipinski definition) is 0. The minimum absolute atomic E-state index is 0.0576. The molecule has 0 aromatic carbocycles. The maximum Gasteiger partial charge on any atom is 0.366 e. The Morgan fingerprint density at radius 1 is 0.762 bits per heavy atom. The zero-order valence-corrected chi connectivity index (χ0v) is 15.0. The first-order valence-electron chi connectivity index (χ1n) is 9.07. The van der Waals surface area contributed by atoms with E-state index < -0.39 is 0 Å². The lowest BCUT2D eigenvalue weighted by Crippen LogP contribution is -2.41. The van der Waals surface area contributed by atoms with Crippen LogP contribution in [0.1, 0.15) is 90.9 Å². The van der Waals surface area contributed by atoms with Crippen LogP contribution in [0, 0.1) is 0 Å². The molecule has 0 aliphatic carbocycles. The van der Waals surface area contributed by atoms with Crippen molar-refractivity contribution in [3.63, 3.8) is 0 Å². The van der Waals surface area contributed by atoms with Crippen molar-refractivity contribution in [2.75, 3.05) is 20.6 Å². The number of unbranched alkanes of at least 4 members (excludes halogenated alkanes) is 10. The fourth-order valence-electron chi connectivity index (χ4n) is 2.32. The Labute approximate surface area is 132 Å². The zero-order chi connectivity index (χ0) is 16.0. The molecular formula is C18H38NO2+. The van der Waals surface area contributed by atoms with Crippen LogP contribution >= 0.6 is 0 Å². The highest BCUT2D eigenvalue weighted by molar-refractivity contribution is 5.68. The van der Waals surface area contributed by atoms with Gasteiger partial charge in [-0.25, -0.2) is 4.79 Å². The van der Waals surface area contributed by atoms with Gasteiger partial charge in [-0.1, -0.05) is 71.1 Å². The van der Waals surface area contributed by atoms with E-state index in [4.69, 9.17) is 4.84 Å². The average molecular weight is 301 g/mol. The molecule has 0 saturated heterocycles. The largest absolute Gasteiger partial charge is 0.366 e. The fourth-order valence-corrected chi connectivity index (χ4v) is 2.32. The molecule has 0 bridgehead atoms. The molecule has 21 heavy (non-hydrogen) atoms. The summed E-state index contributed by atoms with van der Waals surface area (Å²) in [7, 11) is 3.83. The minimum atomic E-state index is -0.0576. The Kier molecular flexibility index (Phi) is 12.8. The third-order valence-corrected chi connectivity index (χ3v) is 4.09. The van der Waals surface area contributed by atoms with E-state index >= 15 is 0 Å². The number of carbonyl (C=O) groups is 1. The quantitative estimate of drug-likeness (QED) is 0.249. The van der Waals surface area contributed by atoms with Crippen LogP contribution in [0.15, 0.2) is 0 Å². The van der Waals surface area contributed by atoms with Gasteiger partial charge in [0.1, 0.15) is 20.6 Å². The first-order chi connectivity index (χ1) is 10.0. The first kappa shape index (κ1) is 20.4. The number of quaternary nitrogens is 1. The van der Waals surface area contributed by atoms with Gasteiger partial charge in [0.15, 0.2) is 0 Å². The summed E-state index contributed by atoms with van der Waals surface area (Å²) < 4.78 is 0.330. The Morgan fingerprint density at radius 2 is 1.19 bits per heavy atom. The highest BCUT2D eigenvalue weighted by Gasteiger charge is 2.18. The lowest BCUT2D eigenvalue weighted by molar-refractivity contribution is -1.06. The highest BCUT2D eigenvalue weighted by Crippen LogP contribution is 2.12. The molecule has 0 unspecified atom stereocenters. The molecule has 0 N–H and O–H groups in total. The Bertz CT molecular complexity index is 252. The standard InChI is InChI=1S/C18H38NO2/c1-5-7-8-9-10-11-12-13-14-15-16-17-18(20)21-19(3,4)6-2/h5-17H2,1-4H3/q+1. The molecule has 0 radical (unpaired) electrons. The molecule has 0 spiro atoms. The van der Waals surface area contributed by atoms with Crippen LogP contribution in [-0.4, -0.2) is 31.3 Å². The van der Waals surface area contributed by atoms with Gasteiger partial charge in [-0.15, -0.1) is 4.65 Å². The number of nitrogens with zero attached hydrogens (tertiary/aromatic N) is 1. The maximum absolute atomic E-state index is 11.6. The van der Waals surface area contributed by atoms with Gasteiger partial charge in [-0.3, -0.25) is 4.84 Å². The number of hydrogen-bond acceptors (Lipinski definition) is 2. The molecule has 0 aromatic heterocycles. The molecule has 3 nitrogen and oxygen atoms in total. The molecule has 0 atom stereocenters. The van der Waals surface area contributed by atoms with Crippen LogP contribution < -0.4 is 0 Å². The van der Waals surface area contributed by atoms with E-state index in [1.165, 1.54) is 57.8 Å². The first-order valence-corrected chi connectivity index (χ1v) is 9.07. The molecule has 126 valence electrons. The molecule has 0 heterocycles. The molecule has 0 aromatic rings. The average Bonchev–Trinajstić information content (AvgIpc) is 2.44. The maximum atomic E-state index is 11.6. The SMILES string of the molecule is CCCCCCCCCCCCCC(=O)O[N+](C)(C)CC. The predicted octanol–water partition coefficient (Wildman–Crippen LogP) is 5.24. The molecule has 0 fully saturated rings. The van der Waals surface area contributed by atoms with Gasteiger partial charge in [-0.2, -0.15) is 0 Å². The van der Waals surface area contributed by atoms with Gasteiger partial charge < -0.3 is 0 Å². The van der Waals surface area contributed by atoms with Crippen LogP contribution in [0.2, 0.25) is 0 Å². The summed E-state index contributed by atoms with van der Waals surface area (Å²) in [4.78, 5) is 17.0. The summed E-state index contributed by atoms with van der Waals surface area (Å²) >= 11 is 0. The molecular weight excluding hydrogens is 262 g/mol. The van der Waals surface area contributed by atoms with Gasteiger partial charge in [-0.05, 0) is 13.3 Å². The summed E-state index contributed by atoms with van der Waals surface area (Å²) in [6.45, 7) is 5.09. The van der Waals surface area contributed by atoms with Gasteiger partial charge in [0.25, 0.3) is 0 Å². The van der Waals surface area contributed by atoms with Crippen molar-refractivity contribution in [1.82, 2.24) is 0 Å². The summed E-state index contributed by atoms with van der Waals surface area (Å²) in [5.41, 5.74) is 0. The molecule has 0 aliphatic rings. The molecule has 0 aliphatic heterocycles. The van der Waals surface area contributed by atoms with Crippen molar-refractivity contribution < 1.29 is 14.3 Å². The van der Waals surface area contributed by atoms with E-state index in [2.05, 4.69) is 6.92 Å². The topological polar surface area (TPSA) is 26.3 Å². The van der Waals surface area contributed by atoms with Gasteiger partial charge >= 0.3 is 5.97 Å². The van der Waals surface area contributed by atoms with Crippen LogP contribution in [0.25, 0.3) is 0 Å². The predicted molar refractivity (Wildman–Crippen MR) is 89.8 cm³/mol. The van der Waals surface area contributed by atoms with Crippen molar-refractivity contribution in [3.05, 3.63) is 0 Å². The van der Waals surface area contributed by atoms with E-state index in [0.29, 0.717) is 11.1 Å². The van der Waals surface area contributed by atoms with E-state index in [-0.39, 0.29) is 5.97 Å². The van der Waals surface area contributed by atoms with Crippen LogP contribution in [0.3, 0.4) is 0 Å². The summed E-state index contributed by atoms with van der Waals surface area (Å²) in [5.74, 6) is -0.0576. The molecule has 3 heteroatoms. The summed E-state index contributed by atoms with van der Waals surface area (Å²) in [6.07, 6.45) is 15.0. The second kappa shape index (κ2) is 13.1. The monoisotopic (exact) mass is 300 g/mol. The second-order valence-electron chi connectivity index (χ2n) is 6.64. The number of hydroxylamine groups is 3. The van der Waals surface area contributed by atoms with Crippen LogP contribution in [-0.2, 0) is 9.63 Å². The van der Waals surface area contributed by atoms with Crippen molar-refractivity contribution in [2.24, 2.45) is 0 Å². The fraction of sp³-hybridized carbons (Fsp3) is 0.944. The number of carbonyl (C=O) groups excluding carboxylic acids is 1. The van der Waals surface area contributed by atoms with Crippen LogP contribution in [0.4, 0.5) is 0 Å². The third-order valence-electron chi connectivity index (χ3n) is 4.09. The van der Waals surface area contributed by atoms with Crippen molar-refractivity contribution in [3.8, 4) is 0 Å².